The molecule has 3 unspecified atom stereocenters. The van der Waals surface area contributed by atoms with Gasteiger partial charge in [-0.05, 0) is 26.2 Å². The number of hydrogen-bond donors (Lipinski definition) is 2. The predicted molar refractivity (Wildman–Crippen MR) is 68.1 cm³/mol. The molecule has 2 aliphatic rings. The lowest BCUT2D eigenvalue weighted by Gasteiger charge is -2.44. The Morgan fingerprint density at radius 3 is 2.19 bits per heavy atom. The molecule has 2 heterocycles. The number of likely N-dealkylation sites (tertiary alicyclic amines) is 1. The highest BCUT2D eigenvalue weighted by Gasteiger charge is 2.51. The van der Waals surface area contributed by atoms with E-state index in [0.29, 0.717) is 17.5 Å². The van der Waals surface area contributed by atoms with Crippen LogP contribution in [0.15, 0.2) is 0 Å². The van der Waals surface area contributed by atoms with Gasteiger partial charge in [0.05, 0.1) is 0 Å². The highest BCUT2D eigenvalue weighted by molar-refractivity contribution is 5.07. The SMILES string of the molecule is CC(C)(C)C1C2CNNC2CN1C(C)(C)C. The summed E-state index contributed by atoms with van der Waals surface area (Å²) in [6.07, 6.45) is 0. The first-order valence-electron chi connectivity index (χ1n) is 6.46. The molecule has 0 aromatic rings. The molecule has 0 aromatic carbocycles. The lowest BCUT2D eigenvalue weighted by molar-refractivity contribution is 0.0391. The van der Waals surface area contributed by atoms with E-state index in [2.05, 4.69) is 57.3 Å². The van der Waals surface area contributed by atoms with Gasteiger partial charge in [-0.25, -0.2) is 0 Å². The van der Waals surface area contributed by atoms with Crippen molar-refractivity contribution in [2.24, 2.45) is 11.3 Å². The number of hydrogen-bond acceptors (Lipinski definition) is 3. The summed E-state index contributed by atoms with van der Waals surface area (Å²) in [6, 6.07) is 1.29. The summed E-state index contributed by atoms with van der Waals surface area (Å²) in [5, 5.41) is 0. The first-order valence-corrected chi connectivity index (χ1v) is 6.46. The zero-order chi connectivity index (χ0) is 12.1. The molecule has 3 atom stereocenters. The van der Waals surface area contributed by atoms with E-state index < -0.39 is 0 Å². The van der Waals surface area contributed by atoms with E-state index in [1.165, 1.54) is 6.54 Å². The lowest BCUT2D eigenvalue weighted by Crippen LogP contribution is -2.52. The molecule has 0 aliphatic carbocycles. The van der Waals surface area contributed by atoms with Crippen LogP contribution >= 0.6 is 0 Å². The maximum Gasteiger partial charge on any atom is 0.0396 e. The van der Waals surface area contributed by atoms with Crippen molar-refractivity contribution in [2.75, 3.05) is 13.1 Å². The molecule has 0 saturated carbocycles. The molecule has 16 heavy (non-hydrogen) atoms. The Balaban J connectivity index is 2.27. The number of rotatable bonds is 0. The standard InChI is InChI=1S/C13H27N3/c1-12(2,3)11-9-7-14-15-10(9)8-16(11)13(4,5)6/h9-11,14-15H,7-8H2,1-6H3. The van der Waals surface area contributed by atoms with Crippen LogP contribution in [0.1, 0.15) is 41.5 Å². The van der Waals surface area contributed by atoms with Gasteiger partial charge >= 0.3 is 0 Å². The van der Waals surface area contributed by atoms with Crippen molar-refractivity contribution in [1.82, 2.24) is 15.8 Å². The molecule has 0 aromatic heterocycles. The van der Waals surface area contributed by atoms with Crippen LogP contribution in [0.5, 0.6) is 0 Å². The Hall–Kier alpha value is -0.120. The molecule has 2 saturated heterocycles. The van der Waals surface area contributed by atoms with Crippen molar-refractivity contribution >= 4 is 0 Å². The maximum atomic E-state index is 3.43. The van der Waals surface area contributed by atoms with E-state index in [-0.39, 0.29) is 5.54 Å². The summed E-state index contributed by atoms with van der Waals surface area (Å²) in [6.45, 7) is 16.4. The minimum atomic E-state index is 0.268. The Morgan fingerprint density at radius 1 is 1.06 bits per heavy atom. The number of nitrogens with one attached hydrogen (secondary N) is 2. The van der Waals surface area contributed by atoms with Gasteiger partial charge in [-0.2, -0.15) is 0 Å². The molecular formula is C13H27N3. The van der Waals surface area contributed by atoms with E-state index in [4.69, 9.17) is 0 Å². The Morgan fingerprint density at radius 2 is 1.69 bits per heavy atom. The van der Waals surface area contributed by atoms with Gasteiger partial charge in [0.15, 0.2) is 0 Å². The number of fused-ring (bicyclic) bond motifs is 1. The van der Waals surface area contributed by atoms with Crippen molar-refractivity contribution in [3.63, 3.8) is 0 Å². The lowest BCUT2D eigenvalue weighted by atomic mass is 9.78. The topological polar surface area (TPSA) is 27.3 Å². The summed E-state index contributed by atoms with van der Waals surface area (Å²) in [5.74, 6) is 0.749. The smallest absolute Gasteiger partial charge is 0.0396 e. The van der Waals surface area contributed by atoms with Gasteiger partial charge in [0.25, 0.3) is 0 Å². The van der Waals surface area contributed by atoms with E-state index in [0.717, 1.165) is 12.5 Å². The van der Waals surface area contributed by atoms with Crippen LogP contribution in [0.25, 0.3) is 0 Å². The van der Waals surface area contributed by atoms with Crippen molar-refractivity contribution in [3.05, 3.63) is 0 Å². The van der Waals surface area contributed by atoms with E-state index in [9.17, 15) is 0 Å². The van der Waals surface area contributed by atoms with E-state index in [1.54, 1.807) is 0 Å². The molecule has 2 N–H and O–H groups in total. The maximum absolute atomic E-state index is 3.43. The third-order valence-electron chi connectivity index (χ3n) is 4.03. The van der Waals surface area contributed by atoms with Crippen LogP contribution in [0.4, 0.5) is 0 Å². The van der Waals surface area contributed by atoms with Crippen molar-refractivity contribution < 1.29 is 0 Å². The zero-order valence-electron chi connectivity index (χ0n) is 11.6. The minimum absolute atomic E-state index is 0.268. The fourth-order valence-corrected chi connectivity index (χ4v) is 3.43. The zero-order valence-corrected chi connectivity index (χ0v) is 11.6. The van der Waals surface area contributed by atoms with Crippen LogP contribution in [-0.4, -0.2) is 35.6 Å². The van der Waals surface area contributed by atoms with Crippen LogP contribution in [0.3, 0.4) is 0 Å². The normalized spacial score (nSPS) is 36.8. The minimum Gasteiger partial charge on any atom is -0.293 e. The monoisotopic (exact) mass is 225 g/mol. The molecule has 3 nitrogen and oxygen atoms in total. The summed E-state index contributed by atoms with van der Waals surface area (Å²) >= 11 is 0. The highest BCUT2D eigenvalue weighted by atomic mass is 15.5. The first kappa shape index (κ1) is 12.3. The molecule has 2 rings (SSSR count). The number of nitrogens with zero attached hydrogens (tertiary/aromatic N) is 1. The quantitative estimate of drug-likeness (QED) is 0.656. The Kier molecular flexibility index (Phi) is 2.84. The number of hydrazine groups is 1. The summed E-state index contributed by atoms with van der Waals surface area (Å²) < 4.78 is 0. The molecule has 0 spiro atoms. The summed E-state index contributed by atoms with van der Waals surface area (Å²) in [4.78, 5) is 2.69. The Bertz CT molecular complexity index is 261. The van der Waals surface area contributed by atoms with Crippen molar-refractivity contribution in [3.8, 4) is 0 Å². The average Bonchev–Trinajstić information content (AvgIpc) is 2.53. The second-order valence-corrected chi connectivity index (χ2v) is 7.43. The Labute approximate surface area is 99.9 Å². The van der Waals surface area contributed by atoms with E-state index >= 15 is 0 Å². The fraction of sp³-hybridized carbons (Fsp3) is 1.00. The third-order valence-corrected chi connectivity index (χ3v) is 4.03. The van der Waals surface area contributed by atoms with Crippen LogP contribution in [0.2, 0.25) is 0 Å². The largest absolute Gasteiger partial charge is 0.293 e. The molecule has 0 amide bonds. The summed E-state index contributed by atoms with van der Waals surface area (Å²) in [5.41, 5.74) is 7.37. The average molecular weight is 225 g/mol. The molecule has 0 radical (unpaired) electrons. The molecule has 3 heteroatoms. The van der Waals surface area contributed by atoms with Gasteiger partial charge < -0.3 is 0 Å². The van der Waals surface area contributed by atoms with Crippen molar-refractivity contribution in [2.45, 2.75) is 59.2 Å². The van der Waals surface area contributed by atoms with Gasteiger partial charge in [0.1, 0.15) is 0 Å². The van der Waals surface area contributed by atoms with Gasteiger partial charge in [0, 0.05) is 36.6 Å². The van der Waals surface area contributed by atoms with Gasteiger partial charge in [-0.1, -0.05) is 20.8 Å². The molecule has 2 aliphatic heterocycles. The molecular weight excluding hydrogens is 198 g/mol. The van der Waals surface area contributed by atoms with Crippen molar-refractivity contribution in [1.29, 1.82) is 0 Å². The second-order valence-electron chi connectivity index (χ2n) is 7.43. The van der Waals surface area contributed by atoms with Gasteiger partial charge in [-0.3, -0.25) is 15.8 Å². The van der Waals surface area contributed by atoms with Gasteiger partial charge in [-0.15, -0.1) is 0 Å². The molecule has 94 valence electrons. The van der Waals surface area contributed by atoms with Crippen LogP contribution < -0.4 is 10.9 Å². The molecule has 0 bridgehead atoms. The second kappa shape index (κ2) is 3.69. The van der Waals surface area contributed by atoms with Crippen LogP contribution in [-0.2, 0) is 0 Å². The first-order chi connectivity index (χ1) is 7.21. The van der Waals surface area contributed by atoms with E-state index in [1.807, 2.05) is 0 Å². The fourth-order valence-electron chi connectivity index (χ4n) is 3.43. The van der Waals surface area contributed by atoms with Crippen LogP contribution in [0, 0.1) is 11.3 Å². The van der Waals surface area contributed by atoms with Gasteiger partial charge in [0.2, 0.25) is 0 Å². The predicted octanol–water partition coefficient (Wildman–Crippen LogP) is 1.61. The summed E-state index contributed by atoms with van der Waals surface area (Å²) in [7, 11) is 0. The highest BCUT2D eigenvalue weighted by Crippen LogP contribution is 2.41. The third kappa shape index (κ3) is 2.01. The molecule has 2 fully saturated rings.